The summed E-state index contributed by atoms with van der Waals surface area (Å²) in [6, 6.07) is 55.3. The number of hydrogen-bond donors (Lipinski definition) is 0. The molecule has 1 aromatic heterocycles. The van der Waals surface area contributed by atoms with Gasteiger partial charge in [-0.2, -0.15) is 0 Å². The van der Waals surface area contributed by atoms with E-state index in [1.807, 2.05) is 48.5 Å². The Morgan fingerprint density at radius 3 is 1.61 bits per heavy atom. The van der Waals surface area contributed by atoms with Crippen LogP contribution in [0.15, 0.2) is 194 Å². The molecule has 9 aromatic rings. The van der Waals surface area contributed by atoms with Crippen molar-refractivity contribution in [1.29, 1.82) is 0 Å². The molecule has 1 atom stereocenters. The molecule has 0 bridgehead atoms. The van der Waals surface area contributed by atoms with Crippen molar-refractivity contribution < 1.29 is 6.85 Å². The van der Waals surface area contributed by atoms with Crippen LogP contribution in [0.4, 0.5) is 0 Å². The number of aromatic nitrogens is 3. The molecule has 0 aliphatic heterocycles. The quantitative estimate of drug-likeness (QED) is 0.143. The van der Waals surface area contributed by atoms with Crippen molar-refractivity contribution in [2.24, 2.45) is 0 Å². The van der Waals surface area contributed by atoms with Crippen LogP contribution in [0.3, 0.4) is 0 Å². The van der Waals surface area contributed by atoms with Crippen LogP contribution in [-0.4, -0.2) is 23.0 Å². The van der Waals surface area contributed by atoms with Gasteiger partial charge < -0.3 is 0 Å². The van der Waals surface area contributed by atoms with Crippen LogP contribution in [0.2, 0.25) is 19.6 Å². The minimum Gasteiger partial charge on any atom is -0.208 e. The summed E-state index contributed by atoms with van der Waals surface area (Å²) in [5.74, 6) is 1.89. The predicted octanol–water partition coefficient (Wildman–Crippen LogP) is 15.5. The highest BCUT2D eigenvalue weighted by molar-refractivity contribution is 6.88. The molecule has 11 rings (SSSR count). The Hall–Kier alpha value is -7.01. The third-order valence-electron chi connectivity index (χ3n) is 14.5. The molecule has 328 valence electrons. The molecule has 0 fully saturated rings. The smallest absolute Gasteiger partial charge is 0.164 e. The lowest BCUT2D eigenvalue weighted by Gasteiger charge is -2.42. The van der Waals surface area contributed by atoms with Crippen molar-refractivity contribution in [1.82, 2.24) is 15.0 Å². The maximum Gasteiger partial charge on any atom is 0.164 e. The lowest BCUT2D eigenvalue weighted by atomic mass is 9.62. The van der Waals surface area contributed by atoms with Gasteiger partial charge in [-0.15, -0.1) is 0 Å². The van der Waals surface area contributed by atoms with Crippen LogP contribution >= 0.6 is 0 Å². The van der Waals surface area contributed by atoms with E-state index in [9.17, 15) is 2.74 Å². The highest BCUT2D eigenvalue weighted by Gasteiger charge is 2.47. The molecule has 4 heteroatoms. The zero-order valence-electron chi connectivity index (χ0n) is 44.3. The van der Waals surface area contributed by atoms with Gasteiger partial charge in [-0.1, -0.05) is 228 Å². The summed E-state index contributed by atoms with van der Waals surface area (Å²) in [4.78, 5) is 15.7. The first-order valence-corrected chi connectivity index (χ1v) is 27.0. The van der Waals surface area contributed by atoms with Crippen LogP contribution < -0.4 is 5.19 Å². The molecule has 0 amide bonds. The standard InChI is InChI=1S/C63H57N3Si/c1-61(2)36-37-62(3,4)57-53(30-19-31-54(57)61)60-65-58(42-20-11-8-12-21-42)64-59(66-60)47-25-18-24-45(39-47)43-22-17-23-44(38-43)46-32-34-51-52-35-33-50(67(5,6)7)41-56(52)63(55(51)40-46,48-26-13-9-14-27-48)49-28-15-10-16-29-49/h8-35,38-41H,36-37H2,1-7H3/i9D,13D,14D,26D,27D. The Morgan fingerprint density at radius 2 is 0.940 bits per heavy atom. The zero-order chi connectivity index (χ0) is 50.5. The fourth-order valence-electron chi connectivity index (χ4n) is 10.8. The Bertz CT molecular complexity index is 3610. The van der Waals surface area contributed by atoms with Crippen molar-refractivity contribution in [3.8, 4) is 67.5 Å². The molecule has 1 heterocycles. The van der Waals surface area contributed by atoms with Gasteiger partial charge in [0, 0.05) is 16.7 Å². The van der Waals surface area contributed by atoms with E-state index in [-0.39, 0.29) is 40.6 Å². The van der Waals surface area contributed by atoms with Crippen molar-refractivity contribution >= 4 is 13.3 Å². The van der Waals surface area contributed by atoms with Gasteiger partial charge in [0.05, 0.1) is 20.3 Å². The number of nitrogens with zero attached hydrogens (tertiary/aromatic N) is 3. The lowest BCUT2D eigenvalue weighted by molar-refractivity contribution is 0.332. The number of hydrogen-bond acceptors (Lipinski definition) is 3. The van der Waals surface area contributed by atoms with Gasteiger partial charge in [-0.05, 0) is 109 Å². The van der Waals surface area contributed by atoms with Crippen LogP contribution in [0.25, 0.3) is 67.5 Å². The molecule has 0 N–H and O–H groups in total. The first-order valence-electron chi connectivity index (χ1n) is 26.0. The maximum absolute atomic E-state index is 9.56. The Balaban J connectivity index is 1.06. The fraction of sp³-hybridized carbons (Fsp3) is 0.190. The Kier molecular flexibility index (Phi) is 8.92. The molecule has 0 spiro atoms. The molecule has 67 heavy (non-hydrogen) atoms. The van der Waals surface area contributed by atoms with Crippen molar-refractivity contribution in [2.75, 3.05) is 0 Å². The molecule has 2 aliphatic rings. The van der Waals surface area contributed by atoms with Gasteiger partial charge in [0.25, 0.3) is 0 Å². The van der Waals surface area contributed by atoms with E-state index in [1.165, 1.54) is 16.3 Å². The second-order valence-electron chi connectivity index (χ2n) is 20.7. The minimum atomic E-state index is -1.89. The third kappa shape index (κ3) is 7.30. The van der Waals surface area contributed by atoms with E-state index in [4.69, 9.17) is 19.1 Å². The van der Waals surface area contributed by atoms with E-state index in [0.717, 1.165) is 79.6 Å². The third-order valence-corrected chi connectivity index (χ3v) is 16.5. The monoisotopic (exact) mass is 888 g/mol. The summed E-state index contributed by atoms with van der Waals surface area (Å²) in [7, 11) is -1.89. The molecule has 0 saturated heterocycles. The van der Waals surface area contributed by atoms with Crippen molar-refractivity contribution in [3.63, 3.8) is 0 Å². The second-order valence-corrected chi connectivity index (χ2v) is 25.8. The lowest BCUT2D eigenvalue weighted by Crippen LogP contribution is -2.39. The highest BCUT2D eigenvalue weighted by Crippen LogP contribution is 2.57. The number of fused-ring (bicyclic) bond motifs is 4. The largest absolute Gasteiger partial charge is 0.208 e. The van der Waals surface area contributed by atoms with Crippen molar-refractivity contribution in [3.05, 3.63) is 227 Å². The molecule has 3 nitrogen and oxygen atoms in total. The summed E-state index contributed by atoms with van der Waals surface area (Å²) < 4.78 is 45.7. The van der Waals surface area contributed by atoms with Gasteiger partial charge in [0.15, 0.2) is 17.5 Å². The van der Waals surface area contributed by atoms with Crippen molar-refractivity contribution in [2.45, 2.75) is 76.4 Å². The average Bonchev–Trinajstić information content (AvgIpc) is 3.68. The van der Waals surface area contributed by atoms with Gasteiger partial charge >= 0.3 is 0 Å². The van der Waals surface area contributed by atoms with E-state index in [0.29, 0.717) is 17.5 Å². The van der Waals surface area contributed by atoms with E-state index < -0.39 is 19.5 Å². The second kappa shape index (κ2) is 16.1. The minimum absolute atomic E-state index is 0.0272. The first kappa shape index (κ1) is 37.1. The van der Waals surface area contributed by atoms with Crippen LogP contribution in [0.1, 0.15) is 80.8 Å². The van der Waals surface area contributed by atoms with Crippen LogP contribution in [0.5, 0.6) is 0 Å². The first-order chi connectivity index (χ1) is 34.4. The molecule has 0 radical (unpaired) electrons. The van der Waals surface area contributed by atoms with E-state index in [2.05, 4.69) is 163 Å². The summed E-state index contributed by atoms with van der Waals surface area (Å²) >= 11 is 0. The summed E-state index contributed by atoms with van der Waals surface area (Å²) in [6.07, 6.45) is 2.18. The average molecular weight is 889 g/mol. The molecular formula is C63H57N3Si. The van der Waals surface area contributed by atoms with E-state index in [1.54, 1.807) is 0 Å². The molecule has 2 aliphatic carbocycles. The highest BCUT2D eigenvalue weighted by atomic mass is 28.3. The van der Waals surface area contributed by atoms with Crippen LogP contribution in [-0.2, 0) is 16.2 Å². The zero-order valence-corrected chi connectivity index (χ0v) is 40.3. The fourth-order valence-corrected chi connectivity index (χ4v) is 12.0. The normalized spacial score (nSPS) is 17.8. The Morgan fingerprint density at radius 1 is 0.418 bits per heavy atom. The summed E-state index contributed by atoms with van der Waals surface area (Å²) in [5.41, 5.74) is 13.1. The van der Waals surface area contributed by atoms with E-state index >= 15 is 0 Å². The van der Waals surface area contributed by atoms with Gasteiger partial charge in [0.1, 0.15) is 0 Å². The SMILES string of the molecule is [2H]c1c([2H])c([2H])c(C2(c3ccccc3)c3cc(-c4cccc(-c5cccc(-c6nc(-c7ccccc7)nc(-c7cccc8c7C(C)(C)CCC8(C)C)n6)c5)c4)ccc3-c3ccc([Si](C)(C)C)cc32)c([2H])c1[2H]. The Labute approximate surface area is 404 Å². The maximum atomic E-state index is 9.56. The molecule has 0 saturated carbocycles. The number of benzene rings is 8. The summed E-state index contributed by atoms with van der Waals surface area (Å²) in [5, 5.41) is 1.23. The number of rotatable bonds is 8. The van der Waals surface area contributed by atoms with Gasteiger partial charge in [-0.3, -0.25) is 0 Å². The van der Waals surface area contributed by atoms with Gasteiger partial charge in [-0.25, -0.2) is 15.0 Å². The molecule has 8 aromatic carbocycles. The molecular weight excluding hydrogens is 827 g/mol. The molecule has 1 unspecified atom stereocenters. The predicted molar refractivity (Wildman–Crippen MR) is 283 cm³/mol. The summed E-state index contributed by atoms with van der Waals surface area (Å²) in [6.45, 7) is 16.3. The van der Waals surface area contributed by atoms with Gasteiger partial charge in [0.2, 0.25) is 0 Å². The topological polar surface area (TPSA) is 38.7 Å². The van der Waals surface area contributed by atoms with Crippen LogP contribution in [0, 0.1) is 0 Å².